The van der Waals surface area contributed by atoms with Gasteiger partial charge in [0, 0.05) is 11.3 Å². The molecule has 20 heavy (non-hydrogen) atoms. The molecule has 0 saturated heterocycles. The minimum absolute atomic E-state index is 0.680. The fraction of sp³-hybridized carbons (Fsp3) is 0.385. The minimum Gasteiger partial charge on any atom is -0.496 e. The zero-order valence-electron chi connectivity index (χ0n) is 11.5. The predicted molar refractivity (Wildman–Crippen MR) is 80.1 cm³/mol. The monoisotopic (exact) mass is 293 g/mol. The van der Waals surface area contributed by atoms with E-state index in [9.17, 15) is 0 Å². The molecule has 0 atom stereocenters. The number of benzene rings is 1. The van der Waals surface area contributed by atoms with Gasteiger partial charge in [-0.15, -0.1) is 10.2 Å². The number of ether oxygens (including phenoxy) is 1. The van der Waals surface area contributed by atoms with E-state index in [1.165, 1.54) is 28.3 Å². The summed E-state index contributed by atoms with van der Waals surface area (Å²) in [5, 5.41) is 8.39. The van der Waals surface area contributed by atoms with Crippen LogP contribution in [0.15, 0.2) is 29.7 Å². The molecular weight excluding hydrogens is 274 g/mol. The van der Waals surface area contributed by atoms with Gasteiger partial charge in [0.1, 0.15) is 12.1 Å². The standard InChI is InChI=1S/C13H19N5OS/c1-19-12-5-4-10(3-2-6-14)7-11(12)8-20-13-17-16-9-18(13)15/h4-5,7,9H,2-3,6,8,14-15H2,1H3. The highest BCUT2D eigenvalue weighted by Crippen LogP contribution is 2.27. The molecule has 1 aromatic heterocycles. The molecule has 0 amide bonds. The van der Waals surface area contributed by atoms with Crippen molar-refractivity contribution >= 4 is 11.8 Å². The lowest BCUT2D eigenvalue weighted by Gasteiger charge is -2.10. The molecule has 2 aromatic rings. The summed E-state index contributed by atoms with van der Waals surface area (Å²) in [7, 11) is 1.68. The number of nitrogen functional groups attached to an aromatic ring is 1. The number of nitrogens with two attached hydrogens (primary N) is 2. The number of aromatic nitrogens is 3. The van der Waals surface area contributed by atoms with Gasteiger partial charge in [0.05, 0.1) is 7.11 Å². The second-order valence-electron chi connectivity index (χ2n) is 4.35. The van der Waals surface area contributed by atoms with E-state index in [1.807, 2.05) is 6.07 Å². The van der Waals surface area contributed by atoms with E-state index in [2.05, 4.69) is 22.3 Å². The van der Waals surface area contributed by atoms with Crippen LogP contribution >= 0.6 is 11.8 Å². The van der Waals surface area contributed by atoms with E-state index in [1.54, 1.807) is 7.11 Å². The van der Waals surface area contributed by atoms with E-state index >= 15 is 0 Å². The van der Waals surface area contributed by atoms with Crippen LogP contribution in [0.1, 0.15) is 17.5 Å². The normalized spacial score (nSPS) is 10.7. The Hall–Kier alpha value is -1.73. The largest absolute Gasteiger partial charge is 0.496 e. The van der Waals surface area contributed by atoms with Crippen LogP contribution in [0.4, 0.5) is 0 Å². The average Bonchev–Trinajstić information content (AvgIpc) is 2.88. The maximum Gasteiger partial charge on any atom is 0.209 e. The van der Waals surface area contributed by atoms with Gasteiger partial charge in [0.15, 0.2) is 0 Å². The number of aryl methyl sites for hydroxylation is 1. The first kappa shape index (κ1) is 14.7. The first-order valence-corrected chi connectivity index (χ1v) is 7.37. The number of rotatable bonds is 7. The van der Waals surface area contributed by atoms with Gasteiger partial charge in [0.25, 0.3) is 0 Å². The Morgan fingerprint density at radius 2 is 2.25 bits per heavy atom. The van der Waals surface area contributed by atoms with Crippen LogP contribution < -0.4 is 16.3 Å². The van der Waals surface area contributed by atoms with Crippen molar-refractivity contribution in [2.45, 2.75) is 23.8 Å². The van der Waals surface area contributed by atoms with Crippen molar-refractivity contribution in [3.8, 4) is 5.75 Å². The zero-order valence-corrected chi connectivity index (χ0v) is 12.3. The predicted octanol–water partition coefficient (Wildman–Crippen LogP) is 1.18. The molecule has 6 nitrogen and oxygen atoms in total. The summed E-state index contributed by atoms with van der Waals surface area (Å²) in [5.41, 5.74) is 7.93. The van der Waals surface area contributed by atoms with Crippen LogP contribution in [-0.2, 0) is 12.2 Å². The van der Waals surface area contributed by atoms with Crippen molar-refractivity contribution in [3.05, 3.63) is 35.7 Å². The molecule has 0 unspecified atom stereocenters. The lowest BCUT2D eigenvalue weighted by atomic mass is 10.1. The smallest absolute Gasteiger partial charge is 0.209 e. The van der Waals surface area contributed by atoms with Crippen molar-refractivity contribution in [2.75, 3.05) is 19.5 Å². The highest BCUT2D eigenvalue weighted by Gasteiger charge is 2.08. The number of hydrogen-bond donors (Lipinski definition) is 2. The fourth-order valence-electron chi connectivity index (χ4n) is 1.88. The number of thioether (sulfide) groups is 1. The summed E-state index contributed by atoms with van der Waals surface area (Å²) in [6.07, 6.45) is 3.44. The van der Waals surface area contributed by atoms with E-state index in [-0.39, 0.29) is 0 Å². The van der Waals surface area contributed by atoms with Crippen LogP contribution in [0.25, 0.3) is 0 Å². The van der Waals surface area contributed by atoms with Gasteiger partial charge in [-0.25, -0.2) is 4.68 Å². The zero-order chi connectivity index (χ0) is 14.4. The molecule has 4 N–H and O–H groups in total. The quantitative estimate of drug-likeness (QED) is 0.588. The second kappa shape index (κ2) is 7.16. The summed E-state index contributed by atoms with van der Waals surface area (Å²) in [6.45, 7) is 0.701. The van der Waals surface area contributed by atoms with Crippen molar-refractivity contribution in [3.63, 3.8) is 0 Å². The van der Waals surface area contributed by atoms with E-state index in [0.29, 0.717) is 11.7 Å². The molecule has 7 heteroatoms. The highest BCUT2D eigenvalue weighted by molar-refractivity contribution is 7.98. The first-order valence-electron chi connectivity index (χ1n) is 6.38. The molecule has 2 rings (SSSR count). The van der Waals surface area contributed by atoms with Crippen LogP contribution in [0.5, 0.6) is 5.75 Å². The molecule has 1 aromatic carbocycles. The highest BCUT2D eigenvalue weighted by atomic mass is 32.2. The third-order valence-electron chi connectivity index (χ3n) is 2.91. The van der Waals surface area contributed by atoms with Gasteiger partial charge in [-0.1, -0.05) is 23.9 Å². The number of methoxy groups -OCH3 is 1. The topological polar surface area (TPSA) is 92.0 Å². The summed E-state index contributed by atoms with van der Waals surface area (Å²) >= 11 is 1.53. The molecule has 0 radical (unpaired) electrons. The Morgan fingerprint density at radius 1 is 1.40 bits per heavy atom. The molecule has 0 bridgehead atoms. The fourth-order valence-corrected chi connectivity index (χ4v) is 2.70. The molecule has 0 aliphatic heterocycles. The number of hydrogen-bond acceptors (Lipinski definition) is 6. The third-order valence-corrected chi connectivity index (χ3v) is 3.92. The molecule has 0 fully saturated rings. The summed E-state index contributed by atoms with van der Waals surface area (Å²) < 4.78 is 6.80. The summed E-state index contributed by atoms with van der Waals surface area (Å²) in [4.78, 5) is 0. The summed E-state index contributed by atoms with van der Waals surface area (Å²) in [6, 6.07) is 6.22. The molecule has 0 aliphatic carbocycles. The van der Waals surface area contributed by atoms with Gasteiger partial charge in [0.2, 0.25) is 5.16 Å². The Labute approximate surface area is 122 Å². The van der Waals surface area contributed by atoms with Crippen LogP contribution in [0.2, 0.25) is 0 Å². The first-order chi connectivity index (χ1) is 9.74. The lowest BCUT2D eigenvalue weighted by molar-refractivity contribution is 0.411. The minimum atomic E-state index is 0.680. The molecular formula is C13H19N5OS. The second-order valence-corrected chi connectivity index (χ2v) is 5.29. The Balaban J connectivity index is 2.09. The van der Waals surface area contributed by atoms with Gasteiger partial charge < -0.3 is 16.3 Å². The third kappa shape index (κ3) is 3.64. The van der Waals surface area contributed by atoms with Gasteiger partial charge >= 0.3 is 0 Å². The van der Waals surface area contributed by atoms with Gasteiger partial charge in [-0.2, -0.15) is 0 Å². The maximum atomic E-state index is 5.70. The van der Waals surface area contributed by atoms with Crippen LogP contribution in [0.3, 0.4) is 0 Å². The van der Waals surface area contributed by atoms with E-state index < -0.39 is 0 Å². The maximum absolute atomic E-state index is 5.70. The van der Waals surface area contributed by atoms with Crippen molar-refractivity contribution in [1.82, 2.24) is 14.9 Å². The van der Waals surface area contributed by atoms with Crippen molar-refractivity contribution in [1.29, 1.82) is 0 Å². The molecule has 108 valence electrons. The Kier molecular flexibility index (Phi) is 5.25. The SMILES string of the molecule is COc1ccc(CCCN)cc1CSc1nncn1N. The van der Waals surface area contributed by atoms with Gasteiger partial charge in [-0.3, -0.25) is 0 Å². The molecule has 0 aliphatic rings. The Morgan fingerprint density at radius 3 is 2.90 bits per heavy atom. The van der Waals surface area contributed by atoms with E-state index in [0.717, 1.165) is 29.9 Å². The van der Waals surface area contributed by atoms with Gasteiger partial charge in [-0.05, 0) is 31.0 Å². The molecule has 0 saturated carbocycles. The average molecular weight is 293 g/mol. The van der Waals surface area contributed by atoms with Crippen molar-refractivity contribution < 1.29 is 4.74 Å². The van der Waals surface area contributed by atoms with Crippen molar-refractivity contribution in [2.24, 2.45) is 5.73 Å². The number of nitrogens with zero attached hydrogens (tertiary/aromatic N) is 3. The van der Waals surface area contributed by atoms with Crippen LogP contribution in [-0.4, -0.2) is 28.5 Å². The van der Waals surface area contributed by atoms with Crippen LogP contribution in [0, 0.1) is 0 Å². The molecule has 1 heterocycles. The molecule has 0 spiro atoms. The Bertz CT molecular complexity index is 557. The lowest BCUT2D eigenvalue weighted by Crippen LogP contribution is -2.07. The van der Waals surface area contributed by atoms with E-state index in [4.69, 9.17) is 16.3 Å². The summed E-state index contributed by atoms with van der Waals surface area (Å²) in [5.74, 6) is 7.30.